The van der Waals surface area contributed by atoms with E-state index in [-0.39, 0.29) is 0 Å². The second-order valence-electron chi connectivity index (χ2n) is 3.90. The van der Waals surface area contributed by atoms with Crippen LogP contribution in [0.3, 0.4) is 0 Å². The first-order chi connectivity index (χ1) is 5.84. The quantitative estimate of drug-likeness (QED) is 0.561. The molecule has 2 heterocycles. The first kappa shape index (κ1) is 8.48. The van der Waals surface area contributed by atoms with E-state index in [1.54, 1.807) is 0 Å². The lowest BCUT2D eigenvalue weighted by Crippen LogP contribution is -2.32. The molecule has 0 amide bonds. The lowest BCUT2D eigenvalue weighted by molar-refractivity contribution is 0.125. The van der Waals surface area contributed by atoms with Crippen LogP contribution in [-0.2, 0) is 9.47 Å². The molecule has 2 aliphatic rings. The number of nitrogens with zero attached hydrogens (tertiary/aromatic N) is 1. The van der Waals surface area contributed by atoms with Crippen molar-refractivity contribution >= 4 is 0 Å². The van der Waals surface area contributed by atoms with Crippen molar-refractivity contribution in [3.63, 3.8) is 0 Å². The van der Waals surface area contributed by atoms with Gasteiger partial charge in [0.15, 0.2) is 0 Å². The summed E-state index contributed by atoms with van der Waals surface area (Å²) in [5.41, 5.74) is 0. The molecule has 0 radical (unpaired) electrons. The maximum absolute atomic E-state index is 5.46. The Bertz CT molecular complexity index is 147. The Labute approximate surface area is 73.6 Å². The van der Waals surface area contributed by atoms with E-state index >= 15 is 0 Å². The molecule has 0 saturated carbocycles. The van der Waals surface area contributed by atoms with E-state index < -0.39 is 0 Å². The first-order valence-electron chi connectivity index (χ1n) is 4.76. The van der Waals surface area contributed by atoms with Gasteiger partial charge in [-0.1, -0.05) is 6.92 Å². The number of rotatable bonds is 2. The zero-order chi connectivity index (χ0) is 8.39. The lowest BCUT2D eigenvalue weighted by atomic mass is 10.2. The van der Waals surface area contributed by atoms with Gasteiger partial charge in [-0.05, 0) is 5.92 Å². The van der Waals surface area contributed by atoms with Crippen LogP contribution >= 0.6 is 0 Å². The molecule has 0 aromatic carbocycles. The lowest BCUT2D eigenvalue weighted by Gasteiger charge is -2.19. The predicted octanol–water partition coefficient (Wildman–Crippen LogP) is 0.353. The normalized spacial score (nSPS) is 37.8. The molecular weight excluding hydrogens is 154 g/mol. The zero-order valence-electron chi connectivity index (χ0n) is 7.66. The summed E-state index contributed by atoms with van der Waals surface area (Å²) >= 11 is 0. The predicted molar refractivity (Wildman–Crippen MR) is 46.2 cm³/mol. The summed E-state index contributed by atoms with van der Waals surface area (Å²) in [5.74, 6) is 0.672. The van der Waals surface area contributed by atoms with Crippen molar-refractivity contribution in [2.45, 2.75) is 13.0 Å². The second kappa shape index (κ2) is 3.73. The van der Waals surface area contributed by atoms with E-state index in [9.17, 15) is 0 Å². The molecule has 0 spiro atoms. The van der Waals surface area contributed by atoms with Crippen LogP contribution in [0.4, 0.5) is 0 Å². The van der Waals surface area contributed by atoms with Crippen LogP contribution in [-0.4, -0.2) is 50.5 Å². The summed E-state index contributed by atoms with van der Waals surface area (Å²) in [4.78, 5) is 2.45. The van der Waals surface area contributed by atoms with Crippen molar-refractivity contribution in [2.24, 2.45) is 5.92 Å². The maximum atomic E-state index is 5.46. The molecule has 3 nitrogen and oxygen atoms in total. The molecule has 2 unspecified atom stereocenters. The van der Waals surface area contributed by atoms with Gasteiger partial charge in [0.2, 0.25) is 0 Å². The maximum Gasteiger partial charge on any atom is 0.0936 e. The standard InChI is InChI=1S/C9H17NO2/c1-8-4-10(2-3-11-6-8)5-9-7-12-9/h8-9H,2-7H2,1H3. The minimum atomic E-state index is 0.523. The minimum absolute atomic E-state index is 0.523. The van der Waals surface area contributed by atoms with Gasteiger partial charge in [-0.15, -0.1) is 0 Å². The third kappa shape index (κ3) is 2.44. The molecule has 0 aromatic heterocycles. The molecule has 0 N–H and O–H groups in total. The van der Waals surface area contributed by atoms with Crippen LogP contribution in [0.1, 0.15) is 6.92 Å². The van der Waals surface area contributed by atoms with E-state index in [4.69, 9.17) is 9.47 Å². The van der Waals surface area contributed by atoms with Crippen LogP contribution in [0.25, 0.3) is 0 Å². The topological polar surface area (TPSA) is 25.0 Å². The van der Waals surface area contributed by atoms with Crippen LogP contribution in [0.15, 0.2) is 0 Å². The third-order valence-corrected chi connectivity index (χ3v) is 2.39. The van der Waals surface area contributed by atoms with Gasteiger partial charge in [-0.25, -0.2) is 0 Å². The smallest absolute Gasteiger partial charge is 0.0936 e. The summed E-state index contributed by atoms with van der Waals surface area (Å²) in [6.07, 6.45) is 0.523. The Kier molecular flexibility index (Phi) is 2.63. The van der Waals surface area contributed by atoms with Gasteiger partial charge in [-0.2, -0.15) is 0 Å². The monoisotopic (exact) mass is 171 g/mol. The highest BCUT2D eigenvalue weighted by Gasteiger charge is 2.26. The van der Waals surface area contributed by atoms with Crippen LogP contribution in [0.2, 0.25) is 0 Å². The van der Waals surface area contributed by atoms with Gasteiger partial charge in [0.25, 0.3) is 0 Å². The Morgan fingerprint density at radius 2 is 2.25 bits per heavy atom. The molecule has 2 saturated heterocycles. The van der Waals surface area contributed by atoms with E-state index in [2.05, 4.69) is 11.8 Å². The fourth-order valence-electron chi connectivity index (χ4n) is 1.69. The van der Waals surface area contributed by atoms with Gasteiger partial charge in [0.1, 0.15) is 0 Å². The largest absolute Gasteiger partial charge is 0.380 e. The molecule has 2 aliphatic heterocycles. The Hall–Kier alpha value is -0.120. The van der Waals surface area contributed by atoms with Crippen molar-refractivity contribution in [1.29, 1.82) is 0 Å². The Morgan fingerprint density at radius 3 is 3.00 bits per heavy atom. The molecule has 2 atom stereocenters. The minimum Gasteiger partial charge on any atom is -0.380 e. The SMILES string of the molecule is CC1COCCN(CC2CO2)C1. The summed E-state index contributed by atoms with van der Waals surface area (Å²) < 4.78 is 10.7. The van der Waals surface area contributed by atoms with Gasteiger partial charge < -0.3 is 9.47 Å². The highest BCUT2D eigenvalue weighted by Crippen LogP contribution is 2.13. The fraction of sp³-hybridized carbons (Fsp3) is 1.00. The van der Waals surface area contributed by atoms with Crippen molar-refractivity contribution in [1.82, 2.24) is 4.90 Å². The summed E-state index contributed by atoms with van der Waals surface area (Å²) in [5, 5.41) is 0. The zero-order valence-corrected chi connectivity index (χ0v) is 7.66. The highest BCUT2D eigenvalue weighted by atomic mass is 16.6. The third-order valence-electron chi connectivity index (χ3n) is 2.39. The van der Waals surface area contributed by atoms with Crippen LogP contribution in [0.5, 0.6) is 0 Å². The molecule has 0 aromatic rings. The Balaban J connectivity index is 1.77. The molecular formula is C9H17NO2. The van der Waals surface area contributed by atoms with Crippen LogP contribution < -0.4 is 0 Å². The Morgan fingerprint density at radius 1 is 1.42 bits per heavy atom. The average Bonchev–Trinajstić information content (AvgIpc) is 2.80. The van der Waals surface area contributed by atoms with Crippen molar-refractivity contribution in [3.8, 4) is 0 Å². The molecule has 0 bridgehead atoms. The molecule has 70 valence electrons. The number of epoxide rings is 1. The van der Waals surface area contributed by atoms with E-state index in [0.29, 0.717) is 12.0 Å². The molecule has 3 heteroatoms. The van der Waals surface area contributed by atoms with E-state index in [0.717, 1.165) is 32.9 Å². The second-order valence-corrected chi connectivity index (χ2v) is 3.90. The fourth-order valence-corrected chi connectivity index (χ4v) is 1.69. The summed E-state index contributed by atoms with van der Waals surface area (Å²) in [6, 6.07) is 0. The number of ether oxygens (including phenoxy) is 2. The number of hydrogen-bond acceptors (Lipinski definition) is 3. The van der Waals surface area contributed by atoms with Crippen LogP contribution in [0, 0.1) is 5.92 Å². The van der Waals surface area contributed by atoms with Gasteiger partial charge in [0, 0.05) is 19.6 Å². The molecule has 2 fully saturated rings. The molecule has 12 heavy (non-hydrogen) atoms. The van der Waals surface area contributed by atoms with Crippen molar-refractivity contribution in [2.75, 3.05) is 39.5 Å². The molecule has 2 rings (SSSR count). The average molecular weight is 171 g/mol. The van der Waals surface area contributed by atoms with Gasteiger partial charge in [0.05, 0.1) is 25.9 Å². The molecule has 0 aliphatic carbocycles. The van der Waals surface area contributed by atoms with Crippen molar-refractivity contribution in [3.05, 3.63) is 0 Å². The summed E-state index contributed by atoms with van der Waals surface area (Å²) in [6.45, 7) is 8.36. The summed E-state index contributed by atoms with van der Waals surface area (Å²) in [7, 11) is 0. The van der Waals surface area contributed by atoms with Crippen molar-refractivity contribution < 1.29 is 9.47 Å². The highest BCUT2D eigenvalue weighted by molar-refractivity contribution is 4.76. The van der Waals surface area contributed by atoms with E-state index in [1.807, 2.05) is 0 Å². The van der Waals surface area contributed by atoms with E-state index in [1.165, 1.54) is 6.54 Å². The van der Waals surface area contributed by atoms with Gasteiger partial charge >= 0.3 is 0 Å². The first-order valence-corrected chi connectivity index (χ1v) is 4.76. The number of hydrogen-bond donors (Lipinski definition) is 0. The van der Waals surface area contributed by atoms with Gasteiger partial charge in [-0.3, -0.25) is 4.90 Å².